The third-order valence-corrected chi connectivity index (χ3v) is 3.48. The quantitative estimate of drug-likeness (QED) is 0.801. The highest BCUT2D eigenvalue weighted by molar-refractivity contribution is 6.30. The molecule has 1 aliphatic carbocycles. The molecule has 0 amide bonds. The van der Waals surface area contributed by atoms with E-state index in [1.54, 1.807) is 12.1 Å². The first-order valence-corrected chi connectivity index (χ1v) is 5.99. The minimum Gasteiger partial charge on any atom is -0.373 e. The second-order valence-electron chi connectivity index (χ2n) is 4.45. The molecule has 0 radical (unpaired) electrons. The standard InChI is InChI=1S/C13H15ClN2/c1-16(9-10-3-2-4-10)13-7-12(14)6-5-11(13)8-15/h5-7,10H,2-4,9H2,1H3. The molecule has 1 aromatic rings. The maximum absolute atomic E-state index is 9.04. The highest BCUT2D eigenvalue weighted by atomic mass is 35.5. The number of nitrogens with zero attached hydrogens (tertiary/aromatic N) is 2. The van der Waals surface area contributed by atoms with E-state index < -0.39 is 0 Å². The first kappa shape index (κ1) is 11.3. The molecule has 84 valence electrons. The van der Waals surface area contributed by atoms with E-state index in [2.05, 4.69) is 11.0 Å². The lowest BCUT2D eigenvalue weighted by Crippen LogP contribution is -2.29. The fraction of sp³-hybridized carbons (Fsp3) is 0.462. The van der Waals surface area contributed by atoms with Crippen LogP contribution in [0, 0.1) is 17.2 Å². The van der Waals surface area contributed by atoms with Gasteiger partial charge in [0, 0.05) is 18.6 Å². The van der Waals surface area contributed by atoms with Crippen molar-refractivity contribution < 1.29 is 0 Å². The van der Waals surface area contributed by atoms with Gasteiger partial charge in [0.25, 0.3) is 0 Å². The lowest BCUT2D eigenvalue weighted by Gasteiger charge is -2.31. The minimum absolute atomic E-state index is 0.689. The van der Waals surface area contributed by atoms with Crippen LogP contribution >= 0.6 is 11.6 Å². The van der Waals surface area contributed by atoms with E-state index in [1.165, 1.54) is 19.3 Å². The fourth-order valence-electron chi connectivity index (χ4n) is 2.08. The number of halogens is 1. The number of rotatable bonds is 3. The first-order chi connectivity index (χ1) is 7.70. The van der Waals surface area contributed by atoms with Crippen LogP contribution in [0.25, 0.3) is 0 Å². The lowest BCUT2D eigenvalue weighted by molar-refractivity contribution is 0.321. The molecule has 16 heavy (non-hydrogen) atoms. The number of hydrogen-bond donors (Lipinski definition) is 0. The molecule has 0 atom stereocenters. The largest absolute Gasteiger partial charge is 0.373 e. The molecule has 0 unspecified atom stereocenters. The molecular weight excluding hydrogens is 220 g/mol. The molecule has 3 heteroatoms. The van der Waals surface area contributed by atoms with Crippen LogP contribution in [-0.2, 0) is 0 Å². The highest BCUT2D eigenvalue weighted by Gasteiger charge is 2.20. The molecule has 0 N–H and O–H groups in total. The molecule has 0 saturated heterocycles. The predicted molar refractivity (Wildman–Crippen MR) is 66.8 cm³/mol. The Bertz CT molecular complexity index is 418. The Balaban J connectivity index is 2.17. The second kappa shape index (κ2) is 4.76. The average Bonchev–Trinajstić information content (AvgIpc) is 2.23. The number of benzene rings is 1. The third-order valence-electron chi connectivity index (χ3n) is 3.25. The summed E-state index contributed by atoms with van der Waals surface area (Å²) in [6.45, 7) is 1.02. The minimum atomic E-state index is 0.689. The van der Waals surface area contributed by atoms with Gasteiger partial charge in [-0.2, -0.15) is 5.26 Å². The molecule has 0 aliphatic heterocycles. The molecule has 2 rings (SSSR count). The van der Waals surface area contributed by atoms with Crippen molar-refractivity contribution in [1.29, 1.82) is 5.26 Å². The molecule has 0 heterocycles. The van der Waals surface area contributed by atoms with Gasteiger partial charge in [-0.15, -0.1) is 0 Å². The smallest absolute Gasteiger partial charge is 0.101 e. The van der Waals surface area contributed by atoms with E-state index in [0.29, 0.717) is 10.6 Å². The number of nitriles is 1. The van der Waals surface area contributed by atoms with E-state index in [0.717, 1.165) is 18.2 Å². The Morgan fingerprint density at radius 3 is 2.81 bits per heavy atom. The molecule has 1 aliphatic rings. The van der Waals surface area contributed by atoms with E-state index in [1.807, 2.05) is 13.1 Å². The molecule has 1 aromatic carbocycles. The van der Waals surface area contributed by atoms with Crippen LogP contribution < -0.4 is 4.90 Å². The van der Waals surface area contributed by atoms with Crippen LogP contribution in [-0.4, -0.2) is 13.6 Å². The van der Waals surface area contributed by atoms with Crippen LogP contribution in [0.2, 0.25) is 5.02 Å². The summed E-state index contributed by atoms with van der Waals surface area (Å²) in [5.74, 6) is 0.788. The summed E-state index contributed by atoms with van der Waals surface area (Å²) in [5, 5.41) is 9.73. The summed E-state index contributed by atoms with van der Waals surface area (Å²) in [6, 6.07) is 7.64. The Morgan fingerprint density at radius 1 is 1.50 bits per heavy atom. The molecular formula is C13H15ClN2. The number of anilines is 1. The van der Waals surface area contributed by atoms with Gasteiger partial charge in [0.05, 0.1) is 11.3 Å². The Labute approximate surface area is 101 Å². The van der Waals surface area contributed by atoms with E-state index in [4.69, 9.17) is 16.9 Å². The Morgan fingerprint density at radius 2 is 2.25 bits per heavy atom. The Hall–Kier alpha value is -1.20. The van der Waals surface area contributed by atoms with Crippen LogP contribution in [0.4, 0.5) is 5.69 Å². The lowest BCUT2D eigenvalue weighted by atomic mass is 9.85. The van der Waals surface area contributed by atoms with Crippen molar-refractivity contribution in [2.45, 2.75) is 19.3 Å². The van der Waals surface area contributed by atoms with Gasteiger partial charge in [-0.1, -0.05) is 18.0 Å². The van der Waals surface area contributed by atoms with E-state index >= 15 is 0 Å². The summed E-state index contributed by atoms with van der Waals surface area (Å²) in [6.07, 6.45) is 3.97. The predicted octanol–water partition coefficient (Wildman–Crippen LogP) is 3.45. The van der Waals surface area contributed by atoms with Gasteiger partial charge in [-0.25, -0.2) is 0 Å². The van der Waals surface area contributed by atoms with Crippen molar-refractivity contribution in [2.75, 3.05) is 18.5 Å². The van der Waals surface area contributed by atoms with Crippen molar-refractivity contribution in [3.05, 3.63) is 28.8 Å². The maximum Gasteiger partial charge on any atom is 0.101 e. The average molecular weight is 235 g/mol. The van der Waals surface area contributed by atoms with Crippen LogP contribution in [0.15, 0.2) is 18.2 Å². The zero-order valence-electron chi connectivity index (χ0n) is 9.41. The van der Waals surface area contributed by atoms with E-state index in [9.17, 15) is 0 Å². The van der Waals surface area contributed by atoms with Gasteiger partial charge in [0.1, 0.15) is 6.07 Å². The molecule has 1 saturated carbocycles. The number of hydrogen-bond acceptors (Lipinski definition) is 2. The van der Waals surface area contributed by atoms with Gasteiger partial charge < -0.3 is 4.90 Å². The first-order valence-electron chi connectivity index (χ1n) is 5.61. The van der Waals surface area contributed by atoms with Gasteiger partial charge >= 0.3 is 0 Å². The van der Waals surface area contributed by atoms with Crippen LogP contribution in [0.3, 0.4) is 0 Å². The monoisotopic (exact) mass is 234 g/mol. The summed E-state index contributed by atoms with van der Waals surface area (Å²) in [7, 11) is 2.03. The van der Waals surface area contributed by atoms with Crippen molar-refractivity contribution in [3.63, 3.8) is 0 Å². The molecule has 2 nitrogen and oxygen atoms in total. The molecule has 1 fully saturated rings. The topological polar surface area (TPSA) is 27.0 Å². The van der Waals surface area contributed by atoms with Crippen molar-refractivity contribution in [2.24, 2.45) is 5.92 Å². The summed E-state index contributed by atoms with van der Waals surface area (Å²) >= 11 is 5.97. The SMILES string of the molecule is CN(CC1CCC1)c1cc(Cl)ccc1C#N. The zero-order valence-corrected chi connectivity index (χ0v) is 10.2. The zero-order chi connectivity index (χ0) is 11.5. The van der Waals surface area contributed by atoms with E-state index in [-0.39, 0.29) is 0 Å². The van der Waals surface area contributed by atoms with Crippen LogP contribution in [0.5, 0.6) is 0 Å². The van der Waals surface area contributed by atoms with Gasteiger partial charge in [0.2, 0.25) is 0 Å². The van der Waals surface area contributed by atoms with Gasteiger partial charge in [0.15, 0.2) is 0 Å². The Kier molecular flexibility index (Phi) is 3.36. The highest BCUT2D eigenvalue weighted by Crippen LogP contribution is 2.30. The summed E-state index contributed by atoms with van der Waals surface area (Å²) in [4.78, 5) is 2.15. The molecule has 0 bridgehead atoms. The van der Waals surface area contributed by atoms with Crippen molar-refractivity contribution in [1.82, 2.24) is 0 Å². The van der Waals surface area contributed by atoms with Crippen molar-refractivity contribution >= 4 is 17.3 Å². The van der Waals surface area contributed by atoms with Crippen LogP contribution in [0.1, 0.15) is 24.8 Å². The third kappa shape index (κ3) is 2.31. The van der Waals surface area contributed by atoms with Gasteiger partial charge in [-0.05, 0) is 37.0 Å². The molecule has 0 spiro atoms. The normalized spacial score (nSPS) is 15.3. The maximum atomic E-state index is 9.04. The fourth-order valence-corrected chi connectivity index (χ4v) is 2.24. The van der Waals surface area contributed by atoms with Gasteiger partial charge in [-0.3, -0.25) is 0 Å². The molecule has 0 aromatic heterocycles. The second-order valence-corrected chi connectivity index (χ2v) is 4.89. The summed E-state index contributed by atoms with van der Waals surface area (Å²) in [5.41, 5.74) is 1.65. The van der Waals surface area contributed by atoms with Crippen molar-refractivity contribution in [3.8, 4) is 6.07 Å². The summed E-state index contributed by atoms with van der Waals surface area (Å²) < 4.78 is 0.